The minimum atomic E-state index is -0.802. The van der Waals surface area contributed by atoms with Gasteiger partial charge >= 0.3 is 0 Å². The molecule has 0 spiro atoms. The maximum absolute atomic E-state index is 11.7. The third-order valence-electron chi connectivity index (χ3n) is 2.62. The molecule has 0 saturated heterocycles. The van der Waals surface area contributed by atoms with Crippen LogP contribution in [0.5, 0.6) is 0 Å². The maximum Gasteiger partial charge on any atom is 0.243 e. The fourth-order valence-electron chi connectivity index (χ4n) is 1.68. The van der Waals surface area contributed by atoms with Gasteiger partial charge in [0.1, 0.15) is 5.92 Å². The van der Waals surface area contributed by atoms with Gasteiger partial charge in [-0.15, -0.1) is 11.8 Å². The molecular formula is C11H13N3OS. The molecule has 1 N–H and O–H groups in total. The second kappa shape index (κ2) is 4.59. The molecule has 1 aliphatic rings. The summed E-state index contributed by atoms with van der Waals surface area (Å²) in [4.78, 5) is 11.7. The van der Waals surface area contributed by atoms with Gasteiger partial charge in [0.25, 0.3) is 0 Å². The largest absolute Gasteiger partial charge is 0.319 e. The molecule has 1 amide bonds. The molecule has 1 aliphatic heterocycles. The normalized spacial score (nSPS) is 23.3. The highest BCUT2D eigenvalue weighted by molar-refractivity contribution is 8.03. The minimum absolute atomic E-state index is 0.317. The summed E-state index contributed by atoms with van der Waals surface area (Å²) in [5.41, 5.74) is -0.228. The number of nitrogens with zero attached hydrogens (tertiary/aromatic N) is 2. The predicted octanol–water partition coefficient (Wildman–Crippen LogP) is 1.77. The van der Waals surface area contributed by atoms with E-state index in [9.17, 15) is 4.79 Å². The number of nitrogens with one attached hydrogen (secondary N) is 1. The van der Waals surface area contributed by atoms with Crippen LogP contribution in [-0.4, -0.2) is 11.7 Å². The van der Waals surface area contributed by atoms with Gasteiger partial charge in [-0.05, 0) is 5.75 Å². The second-order valence-electron chi connectivity index (χ2n) is 4.02. The number of nitriles is 2. The number of carbonyl (C=O) groups excluding carboxylic acids is 1. The van der Waals surface area contributed by atoms with Crippen molar-refractivity contribution in [2.45, 2.75) is 20.8 Å². The molecule has 1 atom stereocenters. The Morgan fingerprint density at radius 3 is 2.56 bits per heavy atom. The van der Waals surface area contributed by atoms with Crippen LogP contribution >= 0.6 is 11.8 Å². The molecule has 0 radical (unpaired) electrons. The van der Waals surface area contributed by atoms with Crippen molar-refractivity contribution in [3.63, 3.8) is 0 Å². The van der Waals surface area contributed by atoms with Crippen LogP contribution < -0.4 is 5.32 Å². The van der Waals surface area contributed by atoms with Crippen LogP contribution in [0, 0.1) is 34.0 Å². The summed E-state index contributed by atoms with van der Waals surface area (Å²) < 4.78 is 0. The predicted molar refractivity (Wildman–Crippen MR) is 61.8 cm³/mol. The van der Waals surface area contributed by atoms with Gasteiger partial charge in [-0.1, -0.05) is 20.8 Å². The van der Waals surface area contributed by atoms with Gasteiger partial charge < -0.3 is 5.32 Å². The third-order valence-corrected chi connectivity index (χ3v) is 3.51. The molecule has 1 heterocycles. The highest BCUT2D eigenvalue weighted by Gasteiger charge is 2.44. The van der Waals surface area contributed by atoms with Crippen LogP contribution in [0.2, 0.25) is 0 Å². The summed E-state index contributed by atoms with van der Waals surface area (Å²) in [6.07, 6.45) is 0. The van der Waals surface area contributed by atoms with E-state index in [1.54, 1.807) is 13.8 Å². The Hall–Kier alpha value is -1.46. The molecule has 0 saturated carbocycles. The van der Waals surface area contributed by atoms with E-state index in [0.29, 0.717) is 10.6 Å². The van der Waals surface area contributed by atoms with Crippen molar-refractivity contribution in [3.8, 4) is 12.1 Å². The summed E-state index contributed by atoms with van der Waals surface area (Å²) in [6.45, 7) is 5.46. The molecule has 84 valence electrons. The first kappa shape index (κ1) is 12.6. The highest BCUT2D eigenvalue weighted by Crippen LogP contribution is 2.41. The van der Waals surface area contributed by atoms with Crippen molar-refractivity contribution in [3.05, 3.63) is 10.6 Å². The Bertz CT molecular complexity index is 425. The van der Waals surface area contributed by atoms with Crippen LogP contribution in [0.4, 0.5) is 0 Å². The number of hydrogen-bond acceptors (Lipinski definition) is 4. The molecule has 16 heavy (non-hydrogen) atoms. The van der Waals surface area contributed by atoms with E-state index in [2.05, 4.69) is 11.4 Å². The Morgan fingerprint density at radius 1 is 1.50 bits per heavy atom. The van der Waals surface area contributed by atoms with Crippen LogP contribution in [0.1, 0.15) is 20.8 Å². The highest BCUT2D eigenvalue weighted by atomic mass is 32.2. The van der Waals surface area contributed by atoms with Crippen molar-refractivity contribution >= 4 is 17.7 Å². The number of rotatable bonds is 2. The first-order chi connectivity index (χ1) is 7.48. The fourth-order valence-corrected chi connectivity index (χ4v) is 2.59. The van der Waals surface area contributed by atoms with Crippen LogP contribution in [-0.2, 0) is 4.79 Å². The lowest BCUT2D eigenvalue weighted by molar-refractivity contribution is -0.125. The summed E-state index contributed by atoms with van der Waals surface area (Å²) in [5.74, 6) is -0.348. The van der Waals surface area contributed by atoms with E-state index in [1.165, 1.54) is 11.8 Å². The Labute approximate surface area is 99.3 Å². The molecule has 0 aromatic rings. The number of carbonyl (C=O) groups is 1. The molecule has 0 bridgehead atoms. The fraction of sp³-hybridized carbons (Fsp3) is 0.545. The van der Waals surface area contributed by atoms with Crippen molar-refractivity contribution < 1.29 is 4.79 Å². The Kier molecular flexibility index (Phi) is 3.62. The number of hydrogen-bond donors (Lipinski definition) is 1. The second-order valence-corrected chi connectivity index (χ2v) is 5.30. The van der Waals surface area contributed by atoms with Crippen molar-refractivity contribution in [2.24, 2.45) is 11.3 Å². The Balaban J connectivity index is 3.29. The quantitative estimate of drug-likeness (QED) is 0.791. The first-order valence-corrected chi connectivity index (χ1v) is 5.95. The monoisotopic (exact) mass is 235 g/mol. The van der Waals surface area contributed by atoms with E-state index in [1.807, 2.05) is 13.0 Å². The van der Waals surface area contributed by atoms with Gasteiger partial charge in [-0.2, -0.15) is 10.5 Å². The summed E-state index contributed by atoms with van der Waals surface area (Å²) in [7, 11) is 0. The summed E-state index contributed by atoms with van der Waals surface area (Å²) in [5, 5.41) is 21.3. The van der Waals surface area contributed by atoms with Crippen LogP contribution in [0.3, 0.4) is 0 Å². The van der Waals surface area contributed by atoms with Crippen LogP contribution in [0.15, 0.2) is 10.6 Å². The molecule has 0 aliphatic carbocycles. The first-order valence-electron chi connectivity index (χ1n) is 4.97. The standard InChI is InChI=1S/C11H13N3OS/c1-4-16-10-8(6-13)11(2,3)7(5-12)9(15)14-10/h7H,4H2,1-3H3,(H,14,15)/t7-/m1/s1. The molecule has 1 rings (SSSR count). The molecule has 5 heteroatoms. The lowest BCUT2D eigenvalue weighted by Crippen LogP contribution is -2.44. The summed E-state index contributed by atoms with van der Waals surface area (Å²) >= 11 is 1.42. The van der Waals surface area contributed by atoms with Crippen molar-refractivity contribution in [1.29, 1.82) is 10.5 Å². The zero-order chi connectivity index (χ0) is 12.3. The average molecular weight is 235 g/mol. The van der Waals surface area contributed by atoms with Gasteiger partial charge in [0.2, 0.25) is 5.91 Å². The van der Waals surface area contributed by atoms with E-state index in [-0.39, 0.29) is 5.91 Å². The van der Waals surface area contributed by atoms with Crippen molar-refractivity contribution in [2.75, 3.05) is 5.75 Å². The van der Waals surface area contributed by atoms with Gasteiger partial charge in [0, 0.05) is 5.41 Å². The minimum Gasteiger partial charge on any atom is -0.319 e. The molecule has 0 aromatic heterocycles. The van der Waals surface area contributed by atoms with E-state index >= 15 is 0 Å². The summed E-state index contributed by atoms with van der Waals surface area (Å²) in [6, 6.07) is 4.07. The zero-order valence-electron chi connectivity index (χ0n) is 9.50. The molecule has 0 fully saturated rings. The third kappa shape index (κ3) is 1.91. The number of thioether (sulfide) groups is 1. The van der Waals surface area contributed by atoms with Gasteiger partial charge in [-0.25, -0.2) is 0 Å². The van der Waals surface area contributed by atoms with E-state index in [0.717, 1.165) is 5.75 Å². The molecule has 4 nitrogen and oxygen atoms in total. The molecule has 0 aromatic carbocycles. The average Bonchev–Trinajstić information content (AvgIpc) is 2.17. The topological polar surface area (TPSA) is 76.7 Å². The maximum atomic E-state index is 11.7. The lowest BCUT2D eigenvalue weighted by Gasteiger charge is -2.34. The zero-order valence-corrected chi connectivity index (χ0v) is 10.3. The number of amides is 1. The number of allylic oxidation sites excluding steroid dienone is 1. The molecule has 0 unspecified atom stereocenters. The molecular weight excluding hydrogens is 222 g/mol. The lowest BCUT2D eigenvalue weighted by atomic mass is 9.72. The van der Waals surface area contributed by atoms with Crippen molar-refractivity contribution in [1.82, 2.24) is 5.32 Å². The van der Waals surface area contributed by atoms with E-state index in [4.69, 9.17) is 10.5 Å². The smallest absolute Gasteiger partial charge is 0.243 e. The van der Waals surface area contributed by atoms with E-state index < -0.39 is 11.3 Å². The van der Waals surface area contributed by atoms with Crippen LogP contribution in [0.25, 0.3) is 0 Å². The van der Waals surface area contributed by atoms with Gasteiger partial charge in [-0.3, -0.25) is 4.79 Å². The van der Waals surface area contributed by atoms with Gasteiger partial charge in [0.05, 0.1) is 22.7 Å². The van der Waals surface area contributed by atoms with Gasteiger partial charge in [0.15, 0.2) is 0 Å². The Morgan fingerprint density at radius 2 is 2.12 bits per heavy atom. The SMILES string of the molecule is CCSC1=C(C#N)C(C)(C)[C@H](C#N)C(=O)N1.